The summed E-state index contributed by atoms with van der Waals surface area (Å²) in [5.74, 6) is -0.0686. The summed E-state index contributed by atoms with van der Waals surface area (Å²) in [4.78, 5) is 12.8. The maximum Gasteiger partial charge on any atom is 0.227 e. The minimum atomic E-state index is -0.395. The molecule has 1 rings (SSSR count). The van der Waals surface area contributed by atoms with E-state index in [-0.39, 0.29) is 18.9 Å². The van der Waals surface area contributed by atoms with Crippen LogP contribution in [0.15, 0.2) is 0 Å². The molecule has 1 heterocycles. The van der Waals surface area contributed by atoms with E-state index >= 15 is 0 Å². The molecule has 0 aromatic rings. The van der Waals surface area contributed by atoms with Gasteiger partial charge in [-0.15, -0.1) is 0 Å². The predicted octanol–water partition coefficient (Wildman–Crippen LogP) is -0.800. The molecule has 1 N–H and O–H groups in total. The molecule has 0 aliphatic carbocycles. The number of carbonyl (C=O) groups is 1. The zero-order chi connectivity index (χ0) is 9.68. The number of hydrogen-bond acceptors (Lipinski definition) is 4. The van der Waals surface area contributed by atoms with E-state index < -0.39 is 6.29 Å². The van der Waals surface area contributed by atoms with E-state index in [2.05, 4.69) is 0 Å². The maximum absolute atomic E-state index is 11.3. The lowest BCUT2D eigenvalue weighted by Gasteiger charge is -2.17. The fourth-order valence-electron chi connectivity index (χ4n) is 1.10. The minimum Gasteiger partial charge on any atom is -0.395 e. The predicted molar refractivity (Wildman–Crippen MR) is 45.0 cm³/mol. The molecule has 0 bridgehead atoms. The zero-order valence-electron chi connectivity index (χ0n) is 7.73. The number of aliphatic hydroxyl groups excluding tert-OH is 1. The van der Waals surface area contributed by atoms with Crippen LogP contribution in [0.25, 0.3) is 0 Å². The minimum absolute atomic E-state index is 0.0192. The Hall–Kier alpha value is -0.650. The Kier molecular flexibility index (Phi) is 4.14. The lowest BCUT2D eigenvalue weighted by Crippen LogP contribution is -2.32. The second kappa shape index (κ2) is 5.16. The van der Waals surface area contributed by atoms with Crippen molar-refractivity contribution in [1.82, 2.24) is 4.90 Å². The summed E-state index contributed by atoms with van der Waals surface area (Å²) in [6, 6.07) is 0. The van der Waals surface area contributed by atoms with Crippen LogP contribution in [-0.2, 0) is 14.3 Å². The fraction of sp³-hybridized carbons (Fsp3) is 0.875. The largest absolute Gasteiger partial charge is 0.395 e. The number of rotatable bonds is 4. The van der Waals surface area contributed by atoms with Gasteiger partial charge in [0.25, 0.3) is 0 Å². The standard InChI is InChI=1S/C8H15NO4/c1-9(2-3-10)7(11)6-8-12-4-5-13-8/h8,10H,2-6H2,1H3. The van der Waals surface area contributed by atoms with E-state index in [1.54, 1.807) is 7.05 Å². The molecule has 1 amide bonds. The van der Waals surface area contributed by atoms with Crippen LogP contribution in [0.1, 0.15) is 6.42 Å². The van der Waals surface area contributed by atoms with Crippen molar-refractivity contribution in [3.05, 3.63) is 0 Å². The molecule has 76 valence electrons. The number of aliphatic hydroxyl groups is 1. The van der Waals surface area contributed by atoms with Crippen LogP contribution in [-0.4, -0.2) is 55.6 Å². The molecule has 5 heteroatoms. The zero-order valence-corrected chi connectivity index (χ0v) is 7.73. The highest BCUT2D eigenvalue weighted by Gasteiger charge is 2.21. The molecule has 13 heavy (non-hydrogen) atoms. The first-order chi connectivity index (χ1) is 6.24. The van der Waals surface area contributed by atoms with Gasteiger partial charge in [0.15, 0.2) is 6.29 Å². The Balaban J connectivity index is 2.22. The van der Waals surface area contributed by atoms with Crippen LogP contribution < -0.4 is 0 Å². The van der Waals surface area contributed by atoms with Crippen molar-refractivity contribution in [2.75, 3.05) is 33.4 Å². The lowest BCUT2D eigenvalue weighted by molar-refractivity contribution is -0.138. The van der Waals surface area contributed by atoms with Crippen molar-refractivity contribution in [3.63, 3.8) is 0 Å². The Morgan fingerprint density at radius 2 is 2.15 bits per heavy atom. The van der Waals surface area contributed by atoms with Gasteiger partial charge in [0.1, 0.15) is 0 Å². The van der Waals surface area contributed by atoms with Crippen LogP contribution in [0.2, 0.25) is 0 Å². The summed E-state index contributed by atoms with van der Waals surface area (Å²) in [5.41, 5.74) is 0. The first-order valence-electron chi connectivity index (χ1n) is 4.32. The van der Waals surface area contributed by atoms with Crippen molar-refractivity contribution >= 4 is 5.91 Å². The van der Waals surface area contributed by atoms with Crippen molar-refractivity contribution in [2.24, 2.45) is 0 Å². The maximum atomic E-state index is 11.3. The monoisotopic (exact) mass is 189 g/mol. The smallest absolute Gasteiger partial charge is 0.227 e. The van der Waals surface area contributed by atoms with Crippen molar-refractivity contribution in [3.8, 4) is 0 Å². The van der Waals surface area contributed by atoms with Crippen LogP contribution in [0, 0.1) is 0 Å². The molecule has 5 nitrogen and oxygen atoms in total. The van der Waals surface area contributed by atoms with E-state index in [0.29, 0.717) is 19.8 Å². The van der Waals surface area contributed by atoms with Gasteiger partial charge in [-0.05, 0) is 0 Å². The number of ether oxygens (including phenoxy) is 2. The molecule has 1 aliphatic rings. The molecule has 1 fully saturated rings. The molecule has 0 spiro atoms. The van der Waals surface area contributed by atoms with Gasteiger partial charge in [-0.3, -0.25) is 4.79 Å². The molecular formula is C8H15NO4. The van der Waals surface area contributed by atoms with Gasteiger partial charge < -0.3 is 19.5 Å². The van der Waals surface area contributed by atoms with E-state index in [4.69, 9.17) is 14.6 Å². The van der Waals surface area contributed by atoms with E-state index in [1.165, 1.54) is 4.90 Å². The highest BCUT2D eigenvalue weighted by molar-refractivity contribution is 5.76. The Bertz CT molecular complexity index is 168. The topological polar surface area (TPSA) is 59.0 Å². The number of nitrogens with zero attached hydrogens (tertiary/aromatic N) is 1. The normalized spacial score (nSPS) is 17.7. The number of hydrogen-bond donors (Lipinski definition) is 1. The van der Waals surface area contributed by atoms with Crippen molar-refractivity contribution < 1.29 is 19.4 Å². The molecule has 1 aliphatic heterocycles. The number of amides is 1. The molecular weight excluding hydrogens is 174 g/mol. The quantitative estimate of drug-likeness (QED) is 0.629. The van der Waals surface area contributed by atoms with Gasteiger partial charge in [-0.1, -0.05) is 0 Å². The van der Waals surface area contributed by atoms with Crippen LogP contribution in [0.5, 0.6) is 0 Å². The van der Waals surface area contributed by atoms with Crippen LogP contribution in [0.3, 0.4) is 0 Å². The highest BCUT2D eigenvalue weighted by Crippen LogP contribution is 2.08. The molecule has 0 radical (unpaired) electrons. The van der Waals surface area contributed by atoms with E-state index in [0.717, 1.165) is 0 Å². The second-order valence-electron chi connectivity index (χ2n) is 2.91. The molecule has 0 unspecified atom stereocenters. The SMILES string of the molecule is CN(CCO)C(=O)CC1OCCO1. The molecule has 0 atom stereocenters. The van der Waals surface area contributed by atoms with Crippen molar-refractivity contribution in [1.29, 1.82) is 0 Å². The van der Waals surface area contributed by atoms with Crippen LogP contribution in [0.4, 0.5) is 0 Å². The van der Waals surface area contributed by atoms with Gasteiger partial charge in [0.2, 0.25) is 5.91 Å². The third-order valence-corrected chi connectivity index (χ3v) is 1.89. The van der Waals surface area contributed by atoms with E-state index in [1.807, 2.05) is 0 Å². The van der Waals surface area contributed by atoms with E-state index in [9.17, 15) is 4.79 Å². The average Bonchev–Trinajstić information content (AvgIpc) is 2.57. The second-order valence-corrected chi connectivity index (χ2v) is 2.91. The summed E-state index contributed by atoms with van der Waals surface area (Å²) in [6.45, 7) is 1.45. The highest BCUT2D eigenvalue weighted by atomic mass is 16.7. The molecule has 0 aromatic carbocycles. The lowest BCUT2D eigenvalue weighted by atomic mass is 10.3. The first-order valence-corrected chi connectivity index (χ1v) is 4.32. The summed E-state index contributed by atoms with van der Waals surface area (Å²) >= 11 is 0. The molecule has 1 saturated heterocycles. The number of carbonyl (C=O) groups excluding carboxylic acids is 1. The summed E-state index contributed by atoms with van der Waals surface area (Å²) in [7, 11) is 1.65. The fourth-order valence-corrected chi connectivity index (χ4v) is 1.10. The van der Waals surface area contributed by atoms with Gasteiger partial charge in [-0.2, -0.15) is 0 Å². The Morgan fingerprint density at radius 3 is 2.69 bits per heavy atom. The molecule has 0 saturated carbocycles. The number of likely N-dealkylation sites (N-methyl/N-ethyl adjacent to an activating group) is 1. The van der Waals surface area contributed by atoms with Gasteiger partial charge in [0, 0.05) is 13.6 Å². The first kappa shape index (κ1) is 10.4. The van der Waals surface area contributed by atoms with Gasteiger partial charge in [0.05, 0.1) is 26.2 Å². The van der Waals surface area contributed by atoms with Gasteiger partial charge >= 0.3 is 0 Å². The third-order valence-electron chi connectivity index (χ3n) is 1.89. The molecule has 0 aromatic heterocycles. The summed E-state index contributed by atoms with van der Waals surface area (Å²) in [5, 5.41) is 8.59. The van der Waals surface area contributed by atoms with Crippen molar-refractivity contribution in [2.45, 2.75) is 12.7 Å². The summed E-state index contributed by atoms with van der Waals surface area (Å²) in [6.07, 6.45) is -0.162. The Labute approximate surface area is 77.2 Å². The van der Waals surface area contributed by atoms with Crippen LogP contribution >= 0.6 is 0 Å². The third kappa shape index (κ3) is 3.30. The summed E-state index contributed by atoms with van der Waals surface area (Å²) < 4.78 is 10.2. The average molecular weight is 189 g/mol. The van der Waals surface area contributed by atoms with Gasteiger partial charge in [-0.25, -0.2) is 0 Å². The Morgan fingerprint density at radius 1 is 1.54 bits per heavy atom.